The zero-order valence-corrected chi connectivity index (χ0v) is 15.5. The maximum atomic E-state index is 11.1. The van der Waals surface area contributed by atoms with Gasteiger partial charge < -0.3 is 20.9 Å². The van der Waals surface area contributed by atoms with Gasteiger partial charge in [-0.05, 0) is 63.6 Å². The van der Waals surface area contributed by atoms with E-state index < -0.39 is 0 Å². The Hall–Kier alpha value is -1.30. The van der Waals surface area contributed by atoms with Crippen LogP contribution in [0.15, 0.2) is 4.99 Å². The van der Waals surface area contributed by atoms with E-state index in [0.29, 0.717) is 12.3 Å². The normalized spacial score (nSPS) is 24.2. The number of primary amides is 1. The first kappa shape index (κ1) is 19.0. The number of guanidine groups is 1. The summed E-state index contributed by atoms with van der Waals surface area (Å²) in [6, 6.07) is 0. The highest BCUT2D eigenvalue weighted by atomic mass is 16.1. The van der Waals surface area contributed by atoms with Crippen LogP contribution in [0, 0.1) is 11.8 Å². The monoisotopic (exact) mass is 337 g/mol. The number of nitrogens with zero attached hydrogens (tertiary/aromatic N) is 3. The van der Waals surface area contributed by atoms with Crippen molar-refractivity contribution in [3.05, 3.63) is 0 Å². The van der Waals surface area contributed by atoms with Gasteiger partial charge in [0.25, 0.3) is 0 Å². The molecule has 0 aromatic heterocycles. The van der Waals surface area contributed by atoms with E-state index in [9.17, 15) is 4.79 Å². The molecule has 0 spiro atoms. The van der Waals surface area contributed by atoms with Gasteiger partial charge in [0.05, 0.1) is 0 Å². The average molecular weight is 338 g/mol. The first-order valence-electron chi connectivity index (χ1n) is 9.54. The van der Waals surface area contributed by atoms with Crippen molar-refractivity contribution in [1.82, 2.24) is 15.1 Å². The number of piperidine rings is 2. The highest BCUT2D eigenvalue weighted by molar-refractivity contribution is 5.80. The number of amides is 1. The van der Waals surface area contributed by atoms with Crippen molar-refractivity contribution in [3.63, 3.8) is 0 Å². The van der Waals surface area contributed by atoms with Crippen molar-refractivity contribution in [3.8, 4) is 0 Å². The summed E-state index contributed by atoms with van der Waals surface area (Å²) in [5.41, 5.74) is 5.35. The van der Waals surface area contributed by atoms with E-state index >= 15 is 0 Å². The number of hydrogen-bond acceptors (Lipinski definition) is 3. The van der Waals surface area contributed by atoms with Gasteiger partial charge in [0.2, 0.25) is 5.91 Å². The molecule has 2 rings (SSSR count). The van der Waals surface area contributed by atoms with Crippen molar-refractivity contribution in [2.24, 2.45) is 22.6 Å². The predicted molar refractivity (Wildman–Crippen MR) is 98.9 cm³/mol. The standard InChI is InChI=1S/C18H35N5O/c1-15-6-11-22(12-7-15)9-4-8-21-18(20-2)23-10-3-5-16(14-23)13-17(19)24/h15-16H,3-14H2,1-2H3,(H2,19,24)(H,20,21). The van der Waals surface area contributed by atoms with Gasteiger partial charge in [-0.2, -0.15) is 0 Å². The molecule has 0 bridgehead atoms. The minimum absolute atomic E-state index is 0.194. The molecule has 2 aliphatic rings. The molecule has 1 atom stereocenters. The van der Waals surface area contributed by atoms with E-state index in [0.717, 1.165) is 50.8 Å². The third kappa shape index (κ3) is 6.30. The van der Waals surface area contributed by atoms with E-state index in [1.54, 1.807) is 0 Å². The third-order valence-corrected chi connectivity index (χ3v) is 5.33. The molecule has 6 heteroatoms. The highest BCUT2D eigenvalue weighted by Crippen LogP contribution is 2.19. The van der Waals surface area contributed by atoms with Crippen LogP contribution in [0.25, 0.3) is 0 Å². The van der Waals surface area contributed by atoms with Gasteiger partial charge in [-0.1, -0.05) is 6.92 Å². The fourth-order valence-electron chi connectivity index (χ4n) is 3.83. The highest BCUT2D eigenvalue weighted by Gasteiger charge is 2.23. The topological polar surface area (TPSA) is 74.0 Å². The molecule has 0 aliphatic carbocycles. The number of aliphatic imine (C=N–C) groups is 1. The number of nitrogens with one attached hydrogen (secondary N) is 1. The second-order valence-corrected chi connectivity index (χ2v) is 7.48. The van der Waals surface area contributed by atoms with Crippen molar-refractivity contribution in [2.75, 3.05) is 46.3 Å². The Morgan fingerprint density at radius 1 is 1.25 bits per heavy atom. The molecule has 1 amide bonds. The largest absolute Gasteiger partial charge is 0.370 e. The molecule has 0 aromatic carbocycles. The molecular weight excluding hydrogens is 302 g/mol. The summed E-state index contributed by atoms with van der Waals surface area (Å²) in [6.07, 6.45) is 6.50. The lowest BCUT2D eigenvalue weighted by Crippen LogP contribution is -2.47. The van der Waals surface area contributed by atoms with Crippen molar-refractivity contribution in [1.29, 1.82) is 0 Å². The molecule has 6 nitrogen and oxygen atoms in total. The second-order valence-electron chi connectivity index (χ2n) is 7.48. The van der Waals surface area contributed by atoms with Crippen LogP contribution in [0.2, 0.25) is 0 Å². The summed E-state index contributed by atoms with van der Waals surface area (Å²) >= 11 is 0. The van der Waals surface area contributed by atoms with Gasteiger partial charge in [0.1, 0.15) is 0 Å². The summed E-state index contributed by atoms with van der Waals surface area (Å²) in [6.45, 7) is 8.86. The fourth-order valence-corrected chi connectivity index (χ4v) is 3.83. The minimum atomic E-state index is -0.194. The lowest BCUT2D eigenvalue weighted by molar-refractivity contribution is -0.119. The van der Waals surface area contributed by atoms with E-state index in [-0.39, 0.29) is 5.91 Å². The molecule has 2 saturated heterocycles. The quantitative estimate of drug-likeness (QED) is 0.435. The van der Waals surface area contributed by atoms with Gasteiger partial charge in [-0.15, -0.1) is 0 Å². The molecule has 24 heavy (non-hydrogen) atoms. The Morgan fingerprint density at radius 2 is 2.00 bits per heavy atom. The maximum absolute atomic E-state index is 11.1. The number of likely N-dealkylation sites (tertiary alicyclic amines) is 2. The van der Waals surface area contributed by atoms with Crippen LogP contribution in [0.1, 0.15) is 45.4 Å². The molecule has 1 unspecified atom stereocenters. The number of rotatable bonds is 6. The van der Waals surface area contributed by atoms with Crippen LogP contribution in [-0.4, -0.2) is 68.0 Å². The Bertz CT molecular complexity index is 418. The SMILES string of the molecule is CN=C(NCCCN1CCC(C)CC1)N1CCCC(CC(N)=O)C1. The van der Waals surface area contributed by atoms with Gasteiger partial charge in [-0.25, -0.2) is 0 Å². The Labute approximate surface area is 146 Å². The molecule has 0 aromatic rings. The molecule has 2 aliphatic heterocycles. The summed E-state index contributed by atoms with van der Waals surface area (Å²) < 4.78 is 0. The van der Waals surface area contributed by atoms with E-state index in [2.05, 4.69) is 27.0 Å². The van der Waals surface area contributed by atoms with Gasteiger partial charge in [0, 0.05) is 33.1 Å². The fraction of sp³-hybridized carbons (Fsp3) is 0.889. The molecule has 2 fully saturated rings. The van der Waals surface area contributed by atoms with E-state index in [1.165, 1.54) is 32.5 Å². The summed E-state index contributed by atoms with van der Waals surface area (Å²) in [5, 5.41) is 3.49. The Morgan fingerprint density at radius 3 is 2.67 bits per heavy atom. The number of nitrogens with two attached hydrogens (primary N) is 1. The first-order chi connectivity index (χ1) is 11.6. The lowest BCUT2D eigenvalue weighted by Gasteiger charge is -2.35. The zero-order chi connectivity index (χ0) is 17.4. The van der Waals surface area contributed by atoms with Crippen LogP contribution in [0.3, 0.4) is 0 Å². The first-order valence-corrected chi connectivity index (χ1v) is 9.54. The molecule has 0 radical (unpaired) electrons. The van der Waals surface area contributed by atoms with E-state index in [4.69, 9.17) is 5.73 Å². The van der Waals surface area contributed by atoms with E-state index in [1.807, 2.05) is 7.05 Å². The van der Waals surface area contributed by atoms with Crippen LogP contribution in [-0.2, 0) is 4.79 Å². The van der Waals surface area contributed by atoms with Crippen LogP contribution < -0.4 is 11.1 Å². The number of carbonyl (C=O) groups is 1. The summed E-state index contributed by atoms with van der Waals surface area (Å²) in [5.74, 6) is 2.04. The average Bonchev–Trinajstić information content (AvgIpc) is 2.56. The van der Waals surface area contributed by atoms with Crippen LogP contribution >= 0.6 is 0 Å². The second kappa shape index (κ2) is 9.87. The van der Waals surface area contributed by atoms with Crippen molar-refractivity contribution in [2.45, 2.75) is 45.4 Å². The predicted octanol–water partition coefficient (Wildman–Crippen LogP) is 1.27. The third-order valence-electron chi connectivity index (χ3n) is 5.33. The van der Waals surface area contributed by atoms with Gasteiger partial charge in [0.15, 0.2) is 5.96 Å². The Balaban J connectivity index is 1.67. The molecule has 3 N–H and O–H groups in total. The molecule has 0 saturated carbocycles. The number of hydrogen-bond donors (Lipinski definition) is 2. The lowest BCUT2D eigenvalue weighted by atomic mass is 9.95. The van der Waals surface area contributed by atoms with Crippen LogP contribution in [0.4, 0.5) is 0 Å². The number of carbonyl (C=O) groups excluding carboxylic acids is 1. The van der Waals surface area contributed by atoms with Crippen LogP contribution in [0.5, 0.6) is 0 Å². The van der Waals surface area contributed by atoms with Crippen molar-refractivity contribution < 1.29 is 4.79 Å². The molecular formula is C18H35N5O. The smallest absolute Gasteiger partial charge is 0.217 e. The van der Waals surface area contributed by atoms with Gasteiger partial charge >= 0.3 is 0 Å². The zero-order valence-electron chi connectivity index (χ0n) is 15.5. The maximum Gasteiger partial charge on any atom is 0.217 e. The molecule has 138 valence electrons. The van der Waals surface area contributed by atoms with Gasteiger partial charge in [-0.3, -0.25) is 9.79 Å². The summed E-state index contributed by atoms with van der Waals surface area (Å²) in [4.78, 5) is 20.4. The molecule has 2 heterocycles. The van der Waals surface area contributed by atoms with Crippen molar-refractivity contribution >= 4 is 11.9 Å². The minimum Gasteiger partial charge on any atom is -0.370 e. The Kier molecular flexibility index (Phi) is 7.82. The summed E-state index contributed by atoms with van der Waals surface area (Å²) in [7, 11) is 1.84.